The number of ether oxygens (including phenoxy) is 2. The number of carbonyl (C=O) groups excluding carboxylic acids is 1. The van der Waals surface area contributed by atoms with Gasteiger partial charge in [0.05, 0.1) is 26.2 Å². The number of methoxy groups -OCH3 is 2. The van der Waals surface area contributed by atoms with Crippen molar-refractivity contribution in [2.24, 2.45) is 5.92 Å². The molecule has 1 aliphatic rings. The molecular formula is C21H23N5O3. The van der Waals surface area contributed by atoms with Crippen molar-refractivity contribution < 1.29 is 14.3 Å². The van der Waals surface area contributed by atoms with Gasteiger partial charge in [-0.2, -0.15) is 10.1 Å². The summed E-state index contributed by atoms with van der Waals surface area (Å²) < 4.78 is 12.6. The molecule has 0 spiro atoms. The van der Waals surface area contributed by atoms with Crippen LogP contribution in [-0.4, -0.2) is 40.9 Å². The third-order valence-corrected chi connectivity index (χ3v) is 5.17. The molecule has 8 heteroatoms. The van der Waals surface area contributed by atoms with Crippen LogP contribution in [-0.2, 0) is 4.79 Å². The van der Waals surface area contributed by atoms with Crippen LogP contribution in [0.2, 0.25) is 0 Å². The Bertz CT molecular complexity index is 1000. The van der Waals surface area contributed by atoms with Crippen LogP contribution in [0.15, 0.2) is 54.9 Å². The molecular weight excluding hydrogens is 370 g/mol. The Morgan fingerprint density at radius 2 is 1.86 bits per heavy atom. The Balaban J connectivity index is 1.76. The molecule has 0 fully saturated rings. The molecule has 8 nitrogen and oxygen atoms in total. The Morgan fingerprint density at radius 3 is 2.59 bits per heavy atom. The summed E-state index contributed by atoms with van der Waals surface area (Å²) >= 11 is 0. The van der Waals surface area contributed by atoms with E-state index < -0.39 is 5.92 Å². The van der Waals surface area contributed by atoms with E-state index in [1.54, 1.807) is 18.9 Å². The molecule has 0 bridgehead atoms. The highest BCUT2D eigenvalue weighted by Gasteiger charge is 2.41. The maximum Gasteiger partial charge on any atom is 0.232 e. The van der Waals surface area contributed by atoms with Gasteiger partial charge >= 0.3 is 0 Å². The second-order valence-corrected chi connectivity index (χ2v) is 6.90. The van der Waals surface area contributed by atoms with E-state index in [1.807, 2.05) is 55.5 Å². The molecule has 4 rings (SSSR count). The zero-order valence-corrected chi connectivity index (χ0v) is 16.5. The molecule has 29 heavy (non-hydrogen) atoms. The van der Waals surface area contributed by atoms with Gasteiger partial charge in [-0.05, 0) is 36.8 Å². The first-order valence-electron chi connectivity index (χ1n) is 9.36. The predicted molar refractivity (Wildman–Crippen MR) is 109 cm³/mol. The third-order valence-electron chi connectivity index (χ3n) is 5.17. The minimum Gasteiger partial charge on any atom is -0.493 e. The Kier molecular flexibility index (Phi) is 5.07. The third kappa shape index (κ3) is 3.49. The molecule has 2 heterocycles. The summed E-state index contributed by atoms with van der Waals surface area (Å²) in [6.07, 6.45) is 1.49. The normalized spacial score (nSPS) is 20.3. The standard InChI is InChI=1S/C21H23N5O3/c1-13-18(20(27)25-15-7-5-4-6-8-15)19(26-21(24-13)22-12-23-26)14-9-10-16(28-2)17(11-14)29-3/h4-13,18-19H,1-3H3,(H,25,27)(H,22,23,24)/t13-,18+,19+/m1/s1. The second kappa shape index (κ2) is 7.83. The smallest absolute Gasteiger partial charge is 0.232 e. The van der Waals surface area contributed by atoms with Crippen LogP contribution in [0, 0.1) is 5.92 Å². The van der Waals surface area contributed by atoms with E-state index in [0.29, 0.717) is 17.4 Å². The van der Waals surface area contributed by atoms with Gasteiger partial charge in [-0.3, -0.25) is 4.79 Å². The van der Waals surface area contributed by atoms with Crippen molar-refractivity contribution in [3.8, 4) is 11.5 Å². The van der Waals surface area contributed by atoms with E-state index in [9.17, 15) is 4.79 Å². The van der Waals surface area contributed by atoms with Crippen LogP contribution < -0.4 is 20.1 Å². The van der Waals surface area contributed by atoms with Crippen molar-refractivity contribution >= 4 is 17.5 Å². The molecule has 0 unspecified atom stereocenters. The summed E-state index contributed by atoms with van der Waals surface area (Å²) in [4.78, 5) is 17.6. The molecule has 3 atom stereocenters. The molecule has 1 aliphatic heterocycles. The van der Waals surface area contributed by atoms with Crippen LogP contribution >= 0.6 is 0 Å². The quantitative estimate of drug-likeness (QED) is 0.693. The number of rotatable bonds is 5. The van der Waals surface area contributed by atoms with Gasteiger partial charge in [0.2, 0.25) is 11.9 Å². The number of amides is 1. The summed E-state index contributed by atoms with van der Waals surface area (Å²) in [6.45, 7) is 1.97. The zero-order chi connectivity index (χ0) is 20.4. The first-order valence-corrected chi connectivity index (χ1v) is 9.36. The maximum absolute atomic E-state index is 13.3. The molecule has 0 saturated carbocycles. The average Bonchev–Trinajstić information content (AvgIpc) is 3.20. The summed E-state index contributed by atoms with van der Waals surface area (Å²) in [5.74, 6) is 1.32. The molecule has 150 valence electrons. The zero-order valence-electron chi connectivity index (χ0n) is 16.5. The first-order chi connectivity index (χ1) is 14.1. The van der Waals surface area contributed by atoms with Gasteiger partial charge in [0.1, 0.15) is 6.33 Å². The monoisotopic (exact) mass is 393 g/mol. The number of hydrogen-bond donors (Lipinski definition) is 2. The summed E-state index contributed by atoms with van der Waals surface area (Å²) in [5.41, 5.74) is 1.64. The maximum atomic E-state index is 13.3. The number of nitrogens with zero attached hydrogens (tertiary/aromatic N) is 3. The minimum absolute atomic E-state index is 0.0999. The molecule has 0 radical (unpaired) electrons. The average molecular weight is 393 g/mol. The van der Waals surface area contributed by atoms with Gasteiger partial charge in [0.25, 0.3) is 0 Å². The highest BCUT2D eigenvalue weighted by molar-refractivity contribution is 5.94. The number of hydrogen-bond acceptors (Lipinski definition) is 6. The first kappa shape index (κ1) is 18.8. The number of anilines is 2. The Morgan fingerprint density at radius 1 is 1.10 bits per heavy atom. The van der Waals surface area contributed by atoms with Gasteiger partial charge in [0, 0.05) is 11.7 Å². The molecule has 3 aromatic rings. The minimum atomic E-state index is -0.428. The van der Waals surface area contributed by atoms with E-state index in [4.69, 9.17) is 9.47 Å². The van der Waals surface area contributed by atoms with Gasteiger partial charge in [-0.25, -0.2) is 4.68 Å². The second-order valence-electron chi connectivity index (χ2n) is 6.90. The number of benzene rings is 2. The van der Waals surface area contributed by atoms with E-state index >= 15 is 0 Å². The van der Waals surface area contributed by atoms with Crippen molar-refractivity contribution in [3.63, 3.8) is 0 Å². The number of aromatic nitrogens is 3. The molecule has 0 aliphatic carbocycles. The number of para-hydroxylation sites is 1. The SMILES string of the molecule is COc1ccc([C@H]2[C@@H](C(=O)Nc3ccccc3)[C@@H](C)Nc3ncnn32)cc1OC. The van der Waals surface area contributed by atoms with E-state index in [2.05, 4.69) is 20.7 Å². The van der Waals surface area contributed by atoms with Gasteiger partial charge in [-0.1, -0.05) is 24.3 Å². The van der Waals surface area contributed by atoms with Crippen LogP contribution in [0.3, 0.4) is 0 Å². The Hall–Kier alpha value is -3.55. The van der Waals surface area contributed by atoms with Crippen molar-refractivity contribution in [2.75, 3.05) is 24.9 Å². The molecule has 2 aromatic carbocycles. The van der Waals surface area contributed by atoms with Gasteiger partial charge in [0.15, 0.2) is 11.5 Å². The lowest BCUT2D eigenvalue weighted by Gasteiger charge is -2.37. The highest BCUT2D eigenvalue weighted by Crippen LogP contribution is 2.39. The molecule has 2 N–H and O–H groups in total. The van der Waals surface area contributed by atoms with Crippen molar-refractivity contribution in [1.82, 2.24) is 14.8 Å². The summed E-state index contributed by atoms with van der Waals surface area (Å²) in [5, 5.41) is 10.7. The van der Waals surface area contributed by atoms with Gasteiger partial charge < -0.3 is 20.1 Å². The van der Waals surface area contributed by atoms with E-state index in [1.165, 1.54) is 6.33 Å². The predicted octanol–water partition coefficient (Wildman–Crippen LogP) is 2.95. The summed E-state index contributed by atoms with van der Waals surface area (Å²) in [7, 11) is 3.18. The fourth-order valence-corrected chi connectivity index (χ4v) is 3.78. The van der Waals surface area contributed by atoms with Crippen molar-refractivity contribution in [2.45, 2.75) is 19.0 Å². The van der Waals surface area contributed by atoms with Crippen LogP contribution in [0.25, 0.3) is 0 Å². The number of carbonyl (C=O) groups is 1. The summed E-state index contributed by atoms with van der Waals surface area (Å²) in [6, 6.07) is 14.6. The highest BCUT2D eigenvalue weighted by atomic mass is 16.5. The van der Waals surface area contributed by atoms with Crippen LogP contribution in [0.5, 0.6) is 11.5 Å². The molecule has 1 amide bonds. The lowest BCUT2D eigenvalue weighted by atomic mass is 9.85. The number of nitrogens with one attached hydrogen (secondary N) is 2. The van der Waals surface area contributed by atoms with Crippen LogP contribution in [0.1, 0.15) is 18.5 Å². The van der Waals surface area contributed by atoms with Crippen molar-refractivity contribution in [1.29, 1.82) is 0 Å². The van der Waals surface area contributed by atoms with Crippen LogP contribution in [0.4, 0.5) is 11.6 Å². The molecule has 0 saturated heterocycles. The van der Waals surface area contributed by atoms with E-state index in [-0.39, 0.29) is 18.0 Å². The van der Waals surface area contributed by atoms with E-state index in [0.717, 1.165) is 11.3 Å². The number of fused-ring (bicyclic) bond motifs is 1. The fraction of sp³-hybridized carbons (Fsp3) is 0.286. The topological polar surface area (TPSA) is 90.3 Å². The molecule has 1 aromatic heterocycles. The van der Waals surface area contributed by atoms with Gasteiger partial charge in [-0.15, -0.1) is 0 Å². The lowest BCUT2D eigenvalue weighted by molar-refractivity contribution is -0.121. The fourth-order valence-electron chi connectivity index (χ4n) is 3.78. The lowest BCUT2D eigenvalue weighted by Crippen LogP contribution is -2.46. The Labute approximate surface area is 168 Å². The van der Waals surface area contributed by atoms with Crippen molar-refractivity contribution in [3.05, 3.63) is 60.4 Å². The largest absolute Gasteiger partial charge is 0.493 e.